The molecule has 2 rings (SSSR count). The molecule has 24 heavy (non-hydrogen) atoms. The molecule has 1 saturated heterocycles. The second-order valence-corrected chi connectivity index (χ2v) is 7.96. The lowest BCUT2D eigenvalue weighted by molar-refractivity contribution is -0.122. The molecular formula is C17H25N3O3S. The summed E-state index contributed by atoms with van der Waals surface area (Å²) in [5.41, 5.74) is 2.04. The Morgan fingerprint density at radius 2 is 1.88 bits per heavy atom. The summed E-state index contributed by atoms with van der Waals surface area (Å²) in [5.74, 6) is -0.0691. The highest BCUT2D eigenvalue weighted by Crippen LogP contribution is 2.20. The van der Waals surface area contributed by atoms with Crippen molar-refractivity contribution < 1.29 is 13.2 Å². The second kappa shape index (κ2) is 7.92. The van der Waals surface area contributed by atoms with Crippen LogP contribution in [-0.4, -0.2) is 62.8 Å². The molecule has 1 fully saturated rings. The fourth-order valence-electron chi connectivity index (χ4n) is 2.60. The van der Waals surface area contributed by atoms with Crippen molar-refractivity contribution in [2.45, 2.75) is 18.7 Å². The van der Waals surface area contributed by atoms with Crippen molar-refractivity contribution in [1.82, 2.24) is 14.5 Å². The molecule has 1 aromatic carbocycles. The van der Waals surface area contributed by atoms with E-state index >= 15 is 0 Å². The Morgan fingerprint density at radius 1 is 1.21 bits per heavy atom. The molecule has 0 aromatic heterocycles. The summed E-state index contributed by atoms with van der Waals surface area (Å²) < 4.78 is 27.0. The monoisotopic (exact) mass is 351 g/mol. The van der Waals surface area contributed by atoms with Gasteiger partial charge in [-0.15, -0.1) is 6.58 Å². The normalized spacial score (nSPS) is 16.8. The summed E-state index contributed by atoms with van der Waals surface area (Å²) in [6, 6.07) is 5.22. The number of nitrogens with zero attached hydrogens (tertiary/aromatic N) is 2. The molecule has 7 heteroatoms. The highest BCUT2D eigenvalue weighted by molar-refractivity contribution is 7.89. The number of carbonyl (C=O) groups excluding carboxylic acids is 1. The number of hydrogen-bond acceptors (Lipinski definition) is 4. The molecule has 0 bridgehead atoms. The fourth-order valence-corrected chi connectivity index (χ4v) is 4.10. The van der Waals surface area contributed by atoms with Crippen molar-refractivity contribution in [3.63, 3.8) is 0 Å². The summed E-state index contributed by atoms with van der Waals surface area (Å²) in [4.78, 5) is 14.0. The summed E-state index contributed by atoms with van der Waals surface area (Å²) in [6.45, 7) is 10.0. The van der Waals surface area contributed by atoms with Crippen LogP contribution in [0.1, 0.15) is 11.1 Å². The quantitative estimate of drug-likeness (QED) is 0.774. The van der Waals surface area contributed by atoms with Crippen LogP contribution < -0.4 is 5.32 Å². The van der Waals surface area contributed by atoms with Crippen molar-refractivity contribution in [1.29, 1.82) is 0 Å². The molecule has 1 aromatic rings. The van der Waals surface area contributed by atoms with Crippen LogP contribution in [0.5, 0.6) is 0 Å². The van der Waals surface area contributed by atoms with E-state index in [1.165, 1.54) is 4.31 Å². The van der Waals surface area contributed by atoms with E-state index in [0.717, 1.165) is 11.1 Å². The van der Waals surface area contributed by atoms with E-state index in [9.17, 15) is 13.2 Å². The molecule has 0 aliphatic carbocycles. The minimum absolute atomic E-state index is 0.0691. The summed E-state index contributed by atoms with van der Waals surface area (Å²) in [7, 11) is -3.47. The third-order valence-electron chi connectivity index (χ3n) is 4.26. The largest absolute Gasteiger partial charge is 0.352 e. The average Bonchev–Trinajstić information content (AvgIpc) is 2.56. The maximum Gasteiger partial charge on any atom is 0.243 e. The number of amides is 1. The smallest absolute Gasteiger partial charge is 0.243 e. The molecule has 6 nitrogen and oxygen atoms in total. The van der Waals surface area contributed by atoms with Gasteiger partial charge in [-0.1, -0.05) is 12.1 Å². The molecule has 1 aliphatic heterocycles. The topological polar surface area (TPSA) is 69.7 Å². The minimum Gasteiger partial charge on any atom is -0.352 e. The van der Waals surface area contributed by atoms with Crippen molar-refractivity contribution in [2.24, 2.45) is 0 Å². The van der Waals surface area contributed by atoms with Gasteiger partial charge >= 0.3 is 0 Å². The molecule has 0 saturated carbocycles. The van der Waals surface area contributed by atoms with Gasteiger partial charge in [0, 0.05) is 32.7 Å². The van der Waals surface area contributed by atoms with Crippen LogP contribution in [0.4, 0.5) is 0 Å². The first-order valence-corrected chi connectivity index (χ1v) is 9.46. The Morgan fingerprint density at radius 3 is 2.46 bits per heavy atom. The number of carbonyl (C=O) groups is 1. The van der Waals surface area contributed by atoms with Crippen LogP contribution in [0, 0.1) is 13.8 Å². The van der Waals surface area contributed by atoms with Gasteiger partial charge in [0.1, 0.15) is 0 Å². The Kier molecular flexibility index (Phi) is 6.15. The highest BCUT2D eigenvalue weighted by Gasteiger charge is 2.29. The fraction of sp³-hybridized carbons (Fsp3) is 0.471. The summed E-state index contributed by atoms with van der Waals surface area (Å²) in [6.07, 6.45) is 1.63. The molecule has 0 unspecified atom stereocenters. The van der Waals surface area contributed by atoms with Crippen LogP contribution in [0.25, 0.3) is 0 Å². The molecule has 1 aliphatic rings. The number of aryl methyl sites for hydroxylation is 2. The third-order valence-corrected chi connectivity index (χ3v) is 6.15. The first-order chi connectivity index (χ1) is 11.3. The Balaban J connectivity index is 1.96. The van der Waals surface area contributed by atoms with Crippen molar-refractivity contribution in [3.05, 3.63) is 42.0 Å². The van der Waals surface area contributed by atoms with E-state index in [2.05, 4.69) is 11.9 Å². The predicted molar refractivity (Wildman–Crippen MR) is 94.3 cm³/mol. The number of rotatable bonds is 6. The lowest BCUT2D eigenvalue weighted by atomic mass is 10.1. The minimum atomic E-state index is -3.47. The molecule has 1 amide bonds. The van der Waals surface area contributed by atoms with Crippen LogP contribution in [-0.2, 0) is 14.8 Å². The zero-order chi connectivity index (χ0) is 17.7. The van der Waals surface area contributed by atoms with Gasteiger partial charge in [0.25, 0.3) is 0 Å². The van der Waals surface area contributed by atoms with Gasteiger partial charge in [0.05, 0.1) is 11.4 Å². The van der Waals surface area contributed by atoms with Gasteiger partial charge < -0.3 is 5.32 Å². The number of benzene rings is 1. The van der Waals surface area contributed by atoms with Crippen LogP contribution in [0.3, 0.4) is 0 Å². The van der Waals surface area contributed by atoms with Gasteiger partial charge in [-0.25, -0.2) is 8.42 Å². The molecule has 132 valence electrons. The van der Waals surface area contributed by atoms with E-state index in [1.54, 1.807) is 18.2 Å². The SMILES string of the molecule is C=CCNC(=O)CN1CCN(S(=O)(=O)c2ccc(C)c(C)c2)CC1. The number of nitrogens with one attached hydrogen (secondary N) is 1. The Hall–Kier alpha value is -1.70. The van der Waals surface area contributed by atoms with Crippen LogP contribution in [0.2, 0.25) is 0 Å². The summed E-state index contributed by atoms with van der Waals surface area (Å²) in [5, 5.41) is 2.73. The van der Waals surface area contributed by atoms with Gasteiger partial charge in [-0.2, -0.15) is 4.31 Å². The second-order valence-electron chi connectivity index (χ2n) is 6.02. The first kappa shape index (κ1) is 18.6. The van der Waals surface area contributed by atoms with Crippen LogP contribution >= 0.6 is 0 Å². The third kappa shape index (κ3) is 4.43. The maximum atomic E-state index is 12.7. The number of piperazine rings is 1. The number of sulfonamides is 1. The van der Waals surface area contributed by atoms with Gasteiger partial charge in [-0.05, 0) is 37.1 Å². The van der Waals surface area contributed by atoms with Crippen molar-refractivity contribution >= 4 is 15.9 Å². The maximum absolute atomic E-state index is 12.7. The lowest BCUT2D eigenvalue weighted by Crippen LogP contribution is -2.51. The van der Waals surface area contributed by atoms with Crippen molar-refractivity contribution in [3.8, 4) is 0 Å². The van der Waals surface area contributed by atoms with Crippen LogP contribution in [0.15, 0.2) is 35.7 Å². The molecular weight excluding hydrogens is 326 g/mol. The van der Waals surface area contributed by atoms with E-state index in [4.69, 9.17) is 0 Å². The molecule has 1 heterocycles. The molecule has 1 N–H and O–H groups in total. The van der Waals surface area contributed by atoms with E-state index < -0.39 is 10.0 Å². The zero-order valence-corrected chi connectivity index (χ0v) is 15.1. The Labute approximate surface area is 144 Å². The molecule has 0 spiro atoms. The first-order valence-electron chi connectivity index (χ1n) is 8.02. The zero-order valence-electron chi connectivity index (χ0n) is 14.3. The van der Waals surface area contributed by atoms with E-state index in [-0.39, 0.29) is 12.5 Å². The standard InChI is InChI=1S/C17H25N3O3S/c1-4-7-18-17(21)13-19-8-10-20(11-9-19)24(22,23)16-6-5-14(2)15(3)12-16/h4-6,12H,1,7-11,13H2,2-3H3,(H,18,21). The molecule has 0 atom stereocenters. The number of hydrogen-bond donors (Lipinski definition) is 1. The van der Waals surface area contributed by atoms with Gasteiger partial charge in [0.2, 0.25) is 15.9 Å². The van der Waals surface area contributed by atoms with E-state index in [0.29, 0.717) is 37.6 Å². The van der Waals surface area contributed by atoms with Gasteiger partial charge in [-0.3, -0.25) is 9.69 Å². The lowest BCUT2D eigenvalue weighted by Gasteiger charge is -2.33. The average molecular weight is 351 g/mol. The van der Waals surface area contributed by atoms with Gasteiger partial charge in [0.15, 0.2) is 0 Å². The van der Waals surface area contributed by atoms with E-state index in [1.807, 2.05) is 24.8 Å². The predicted octanol–water partition coefficient (Wildman–Crippen LogP) is 0.912. The summed E-state index contributed by atoms with van der Waals surface area (Å²) >= 11 is 0. The van der Waals surface area contributed by atoms with Crippen molar-refractivity contribution in [2.75, 3.05) is 39.3 Å². The Bertz CT molecular complexity index is 708. The molecule has 0 radical (unpaired) electrons. The highest BCUT2D eigenvalue weighted by atomic mass is 32.2.